The number of benzene rings is 2. The second kappa shape index (κ2) is 11.4. The quantitative estimate of drug-likeness (QED) is 0.534. The summed E-state index contributed by atoms with van der Waals surface area (Å²) < 4.78 is 10.3. The molecule has 1 aliphatic rings. The molecule has 3 amide bonds. The van der Waals surface area contributed by atoms with Crippen LogP contribution in [0.25, 0.3) is 0 Å². The standard InChI is InChI=1S/C26H30N4O4/c1-33-23-9-7-20(8-10-23)11-12-29-13-15-30(16-14-29)26(32)27-19-21-4-2-5-22(18-21)28-25(31)24-6-3-17-34-24/h2-10,17-18H,11-16,19H2,1H3,(H,27,32)(H,28,31). The van der Waals surface area contributed by atoms with Gasteiger partial charge >= 0.3 is 6.03 Å². The van der Waals surface area contributed by atoms with E-state index in [1.165, 1.54) is 11.8 Å². The molecule has 0 bridgehead atoms. The Morgan fingerprint density at radius 1 is 0.971 bits per heavy atom. The fraction of sp³-hybridized carbons (Fsp3) is 0.308. The smallest absolute Gasteiger partial charge is 0.317 e. The first-order chi connectivity index (χ1) is 16.6. The highest BCUT2D eigenvalue weighted by atomic mass is 16.5. The van der Waals surface area contributed by atoms with Crippen molar-refractivity contribution in [3.05, 3.63) is 83.8 Å². The van der Waals surface area contributed by atoms with Crippen molar-refractivity contribution in [2.75, 3.05) is 45.2 Å². The lowest BCUT2D eigenvalue weighted by atomic mass is 10.1. The van der Waals surface area contributed by atoms with Crippen molar-refractivity contribution in [1.29, 1.82) is 0 Å². The molecule has 2 heterocycles. The molecular formula is C26H30N4O4. The summed E-state index contributed by atoms with van der Waals surface area (Å²) >= 11 is 0. The maximum absolute atomic E-state index is 12.6. The molecule has 2 aromatic carbocycles. The average Bonchev–Trinajstić information content (AvgIpc) is 3.42. The van der Waals surface area contributed by atoms with Crippen molar-refractivity contribution in [3.63, 3.8) is 0 Å². The summed E-state index contributed by atoms with van der Waals surface area (Å²) in [6, 6.07) is 18.8. The van der Waals surface area contributed by atoms with Crippen molar-refractivity contribution in [2.45, 2.75) is 13.0 Å². The van der Waals surface area contributed by atoms with Crippen LogP contribution >= 0.6 is 0 Å². The average molecular weight is 463 g/mol. The molecule has 34 heavy (non-hydrogen) atoms. The highest BCUT2D eigenvalue weighted by molar-refractivity contribution is 6.02. The Morgan fingerprint density at radius 2 is 1.76 bits per heavy atom. The van der Waals surface area contributed by atoms with E-state index in [1.807, 2.05) is 35.2 Å². The minimum atomic E-state index is -0.309. The Hall–Kier alpha value is -3.78. The van der Waals surface area contributed by atoms with E-state index in [4.69, 9.17) is 9.15 Å². The van der Waals surface area contributed by atoms with E-state index < -0.39 is 0 Å². The van der Waals surface area contributed by atoms with E-state index in [0.717, 1.165) is 37.4 Å². The molecule has 8 heteroatoms. The number of ether oxygens (including phenoxy) is 1. The second-order valence-electron chi connectivity index (χ2n) is 8.22. The van der Waals surface area contributed by atoms with E-state index in [-0.39, 0.29) is 17.7 Å². The number of hydrogen-bond acceptors (Lipinski definition) is 5. The number of furan rings is 1. The van der Waals surface area contributed by atoms with Gasteiger partial charge in [-0.1, -0.05) is 24.3 Å². The third kappa shape index (κ3) is 6.39. The largest absolute Gasteiger partial charge is 0.497 e. The zero-order valence-corrected chi connectivity index (χ0v) is 19.3. The topological polar surface area (TPSA) is 87.0 Å². The van der Waals surface area contributed by atoms with Gasteiger partial charge in [-0.15, -0.1) is 0 Å². The molecule has 0 saturated carbocycles. The van der Waals surface area contributed by atoms with Crippen LogP contribution in [-0.4, -0.2) is 61.6 Å². The highest BCUT2D eigenvalue weighted by Gasteiger charge is 2.20. The summed E-state index contributed by atoms with van der Waals surface area (Å²) in [5.74, 6) is 0.812. The van der Waals surface area contributed by atoms with Crippen LogP contribution in [0.5, 0.6) is 5.75 Å². The number of carbonyl (C=O) groups excluding carboxylic acids is 2. The van der Waals surface area contributed by atoms with E-state index in [2.05, 4.69) is 27.7 Å². The van der Waals surface area contributed by atoms with E-state index in [1.54, 1.807) is 25.3 Å². The van der Waals surface area contributed by atoms with Gasteiger partial charge < -0.3 is 24.7 Å². The van der Waals surface area contributed by atoms with Gasteiger partial charge in [-0.2, -0.15) is 0 Å². The molecule has 0 radical (unpaired) electrons. The van der Waals surface area contributed by atoms with Crippen LogP contribution in [0.1, 0.15) is 21.7 Å². The van der Waals surface area contributed by atoms with Crippen molar-refractivity contribution in [2.24, 2.45) is 0 Å². The van der Waals surface area contributed by atoms with Crippen LogP contribution in [0.3, 0.4) is 0 Å². The van der Waals surface area contributed by atoms with Gasteiger partial charge in [-0.05, 0) is 53.9 Å². The minimum Gasteiger partial charge on any atom is -0.497 e. The first-order valence-electron chi connectivity index (χ1n) is 11.4. The molecule has 8 nitrogen and oxygen atoms in total. The summed E-state index contributed by atoms with van der Waals surface area (Å²) in [5, 5.41) is 5.79. The number of carbonyl (C=O) groups is 2. The molecule has 0 aliphatic carbocycles. The van der Waals surface area contributed by atoms with Crippen molar-refractivity contribution in [1.82, 2.24) is 15.1 Å². The minimum absolute atomic E-state index is 0.0696. The molecule has 1 fully saturated rings. The Bertz CT molecular complexity index is 1070. The van der Waals surface area contributed by atoms with Gasteiger partial charge in [0.1, 0.15) is 5.75 Å². The molecule has 1 aromatic heterocycles. The second-order valence-corrected chi connectivity index (χ2v) is 8.22. The molecule has 4 rings (SSSR count). The van der Waals surface area contributed by atoms with Gasteiger partial charge in [0.2, 0.25) is 0 Å². The molecule has 1 saturated heterocycles. The third-order valence-electron chi connectivity index (χ3n) is 5.91. The predicted octanol–water partition coefficient (Wildman–Crippen LogP) is 3.61. The molecule has 0 unspecified atom stereocenters. The monoisotopic (exact) mass is 462 g/mol. The van der Waals surface area contributed by atoms with Gasteiger partial charge in [0.25, 0.3) is 5.91 Å². The fourth-order valence-corrected chi connectivity index (χ4v) is 3.90. The van der Waals surface area contributed by atoms with E-state index in [0.29, 0.717) is 25.3 Å². The number of hydrogen-bond donors (Lipinski definition) is 2. The normalized spacial score (nSPS) is 14.0. The molecule has 1 aliphatic heterocycles. The molecule has 3 aromatic rings. The van der Waals surface area contributed by atoms with Crippen LogP contribution in [0, 0.1) is 0 Å². The summed E-state index contributed by atoms with van der Waals surface area (Å²) in [5.41, 5.74) is 2.84. The number of rotatable bonds is 8. The number of anilines is 1. The van der Waals surface area contributed by atoms with Gasteiger partial charge in [0.05, 0.1) is 13.4 Å². The predicted molar refractivity (Wildman–Crippen MR) is 130 cm³/mol. The number of nitrogens with one attached hydrogen (secondary N) is 2. The third-order valence-corrected chi connectivity index (χ3v) is 5.91. The number of amides is 3. The van der Waals surface area contributed by atoms with Gasteiger partial charge in [-0.25, -0.2) is 4.79 Å². The number of methoxy groups -OCH3 is 1. The maximum Gasteiger partial charge on any atom is 0.317 e. The van der Waals surface area contributed by atoms with Gasteiger partial charge in [0.15, 0.2) is 5.76 Å². The zero-order valence-electron chi connectivity index (χ0n) is 19.3. The Labute approximate surface area is 199 Å². The first-order valence-corrected chi connectivity index (χ1v) is 11.4. The lowest BCUT2D eigenvalue weighted by Gasteiger charge is -2.34. The van der Waals surface area contributed by atoms with Crippen molar-refractivity contribution >= 4 is 17.6 Å². The molecular weight excluding hydrogens is 432 g/mol. The van der Waals surface area contributed by atoms with Crippen LogP contribution < -0.4 is 15.4 Å². The fourth-order valence-electron chi connectivity index (χ4n) is 3.90. The molecule has 178 valence electrons. The molecule has 0 spiro atoms. The highest BCUT2D eigenvalue weighted by Crippen LogP contribution is 2.14. The Balaban J connectivity index is 1.19. The molecule has 0 atom stereocenters. The van der Waals surface area contributed by atoms with Gasteiger partial charge in [0, 0.05) is 45.0 Å². The Morgan fingerprint density at radius 3 is 2.47 bits per heavy atom. The number of nitrogens with zero attached hydrogens (tertiary/aromatic N) is 2. The maximum atomic E-state index is 12.6. The van der Waals surface area contributed by atoms with Crippen LogP contribution in [0.2, 0.25) is 0 Å². The lowest BCUT2D eigenvalue weighted by molar-refractivity contribution is 0.0996. The zero-order chi connectivity index (χ0) is 23.8. The number of piperazine rings is 1. The van der Waals surface area contributed by atoms with E-state index >= 15 is 0 Å². The van der Waals surface area contributed by atoms with Crippen LogP contribution in [0.4, 0.5) is 10.5 Å². The summed E-state index contributed by atoms with van der Waals surface area (Å²) in [7, 11) is 1.67. The van der Waals surface area contributed by atoms with Crippen LogP contribution in [0.15, 0.2) is 71.3 Å². The van der Waals surface area contributed by atoms with Gasteiger partial charge in [-0.3, -0.25) is 9.69 Å². The summed E-state index contributed by atoms with van der Waals surface area (Å²) in [4.78, 5) is 29.0. The molecule has 2 N–H and O–H groups in total. The summed E-state index contributed by atoms with van der Waals surface area (Å²) in [6.07, 6.45) is 2.44. The van der Waals surface area contributed by atoms with Crippen LogP contribution in [-0.2, 0) is 13.0 Å². The summed E-state index contributed by atoms with van der Waals surface area (Å²) in [6.45, 7) is 4.48. The van der Waals surface area contributed by atoms with E-state index in [9.17, 15) is 9.59 Å². The number of urea groups is 1. The SMILES string of the molecule is COc1ccc(CCN2CCN(C(=O)NCc3cccc(NC(=O)c4ccco4)c3)CC2)cc1. The first kappa shape index (κ1) is 23.4. The lowest BCUT2D eigenvalue weighted by Crippen LogP contribution is -2.51. The van der Waals surface area contributed by atoms with Crippen molar-refractivity contribution in [3.8, 4) is 5.75 Å². The Kier molecular flexibility index (Phi) is 7.83. The van der Waals surface area contributed by atoms with Crippen molar-refractivity contribution < 1.29 is 18.7 Å².